The van der Waals surface area contributed by atoms with Gasteiger partial charge in [0, 0.05) is 0 Å². The Morgan fingerprint density at radius 1 is 1.50 bits per heavy atom. The predicted molar refractivity (Wildman–Crippen MR) is 47.8 cm³/mol. The van der Waals surface area contributed by atoms with E-state index in [0.29, 0.717) is 4.46 Å². The standard InChI is InChI=1S/C7H3Cl2FOSe/c8-7(11)5-2-1-4(10)3-6(5)12-9/h1-3H. The summed E-state index contributed by atoms with van der Waals surface area (Å²) in [6, 6.07) is 3.74. The topological polar surface area (TPSA) is 17.1 Å². The van der Waals surface area contributed by atoms with Crippen molar-refractivity contribution in [3.05, 3.63) is 29.6 Å². The fraction of sp³-hybridized carbons (Fsp3) is 0. The molecule has 0 saturated carbocycles. The molecule has 1 rings (SSSR count). The van der Waals surface area contributed by atoms with E-state index in [9.17, 15) is 9.18 Å². The molecule has 5 heteroatoms. The van der Waals surface area contributed by atoms with Crippen LogP contribution in [-0.4, -0.2) is 19.3 Å². The van der Waals surface area contributed by atoms with Crippen LogP contribution >= 0.6 is 21.7 Å². The predicted octanol–water partition coefficient (Wildman–Crippen LogP) is 1.69. The zero-order valence-electron chi connectivity index (χ0n) is 5.68. The van der Waals surface area contributed by atoms with Crippen LogP contribution in [-0.2, 0) is 0 Å². The molecule has 0 amide bonds. The molecule has 1 aromatic carbocycles. The summed E-state index contributed by atoms with van der Waals surface area (Å²) in [7, 11) is 5.53. The Labute approximate surface area is 84.2 Å². The Morgan fingerprint density at radius 3 is 2.67 bits per heavy atom. The number of halogens is 3. The van der Waals surface area contributed by atoms with Gasteiger partial charge in [0.15, 0.2) is 0 Å². The molecule has 0 bridgehead atoms. The summed E-state index contributed by atoms with van der Waals surface area (Å²) in [6.07, 6.45) is 0. The van der Waals surface area contributed by atoms with Gasteiger partial charge in [0.05, 0.1) is 0 Å². The molecule has 0 saturated heterocycles. The molecule has 0 aliphatic rings. The number of hydrogen-bond donors (Lipinski definition) is 0. The van der Waals surface area contributed by atoms with Gasteiger partial charge >= 0.3 is 84.2 Å². The second-order valence-corrected chi connectivity index (χ2v) is 4.38. The van der Waals surface area contributed by atoms with Crippen molar-refractivity contribution in [1.82, 2.24) is 0 Å². The van der Waals surface area contributed by atoms with Gasteiger partial charge in [-0.25, -0.2) is 0 Å². The van der Waals surface area contributed by atoms with E-state index in [1.54, 1.807) is 0 Å². The normalized spacial score (nSPS) is 9.92. The van der Waals surface area contributed by atoms with E-state index in [2.05, 4.69) is 0 Å². The fourth-order valence-electron chi connectivity index (χ4n) is 0.722. The molecule has 1 aromatic rings. The molecule has 1 nitrogen and oxygen atoms in total. The summed E-state index contributed by atoms with van der Waals surface area (Å²) >= 11 is 4.79. The van der Waals surface area contributed by atoms with Crippen molar-refractivity contribution in [2.45, 2.75) is 0 Å². The van der Waals surface area contributed by atoms with Crippen LogP contribution in [0.4, 0.5) is 4.39 Å². The molecule has 0 atom stereocenters. The van der Waals surface area contributed by atoms with Crippen molar-refractivity contribution >= 4 is 45.4 Å². The van der Waals surface area contributed by atoms with Gasteiger partial charge in [-0.15, -0.1) is 0 Å². The van der Waals surface area contributed by atoms with Gasteiger partial charge in [0.25, 0.3) is 0 Å². The molecule has 64 valence electrons. The van der Waals surface area contributed by atoms with E-state index < -0.39 is 25.1 Å². The number of carbonyl (C=O) groups is 1. The first-order valence-electron chi connectivity index (χ1n) is 2.93. The van der Waals surface area contributed by atoms with Crippen molar-refractivity contribution in [1.29, 1.82) is 0 Å². The summed E-state index contributed by atoms with van der Waals surface area (Å²) in [5, 5.41) is -0.604. The maximum absolute atomic E-state index is 12.6. The van der Waals surface area contributed by atoms with Crippen LogP contribution < -0.4 is 4.46 Å². The first-order chi connectivity index (χ1) is 5.65. The molecule has 0 N–H and O–H groups in total. The van der Waals surface area contributed by atoms with Crippen LogP contribution in [0.5, 0.6) is 0 Å². The Bertz CT molecular complexity index is 316. The minimum atomic E-state index is -0.604. The van der Waals surface area contributed by atoms with Gasteiger partial charge < -0.3 is 0 Å². The van der Waals surface area contributed by atoms with Crippen LogP contribution in [0.15, 0.2) is 18.2 Å². The minimum absolute atomic E-state index is 0.285. The Balaban J connectivity index is 3.20. The number of hydrogen-bond acceptors (Lipinski definition) is 1. The van der Waals surface area contributed by atoms with Crippen molar-refractivity contribution < 1.29 is 9.18 Å². The summed E-state index contributed by atoms with van der Waals surface area (Å²) < 4.78 is 13.1. The van der Waals surface area contributed by atoms with Gasteiger partial charge in [-0.1, -0.05) is 0 Å². The first-order valence-corrected chi connectivity index (χ1v) is 6.41. The maximum atomic E-state index is 12.6. The van der Waals surface area contributed by atoms with Crippen LogP contribution in [0.2, 0.25) is 0 Å². The van der Waals surface area contributed by atoms with Crippen LogP contribution in [0.1, 0.15) is 10.4 Å². The number of rotatable bonds is 2. The van der Waals surface area contributed by atoms with E-state index in [-0.39, 0.29) is 5.56 Å². The molecule has 0 unspecified atom stereocenters. The Kier molecular flexibility index (Phi) is 3.53. The van der Waals surface area contributed by atoms with Crippen molar-refractivity contribution in [3.8, 4) is 0 Å². The Morgan fingerprint density at radius 2 is 2.17 bits per heavy atom. The zero-order chi connectivity index (χ0) is 9.14. The molecular weight excluding hydrogens is 269 g/mol. The van der Waals surface area contributed by atoms with E-state index in [4.69, 9.17) is 21.7 Å². The van der Waals surface area contributed by atoms with Crippen LogP contribution in [0.3, 0.4) is 0 Å². The van der Waals surface area contributed by atoms with Crippen LogP contribution in [0.25, 0.3) is 0 Å². The second kappa shape index (κ2) is 4.24. The van der Waals surface area contributed by atoms with Gasteiger partial charge in [-0.2, -0.15) is 0 Å². The van der Waals surface area contributed by atoms with Crippen molar-refractivity contribution in [3.63, 3.8) is 0 Å². The Hall–Kier alpha value is -0.0805. The van der Waals surface area contributed by atoms with Gasteiger partial charge in [0.2, 0.25) is 0 Å². The van der Waals surface area contributed by atoms with Gasteiger partial charge in [-0.3, -0.25) is 0 Å². The number of benzene rings is 1. The molecule has 12 heavy (non-hydrogen) atoms. The molecule has 0 radical (unpaired) electrons. The van der Waals surface area contributed by atoms with Gasteiger partial charge in [-0.05, 0) is 0 Å². The van der Waals surface area contributed by atoms with Gasteiger partial charge in [0.1, 0.15) is 0 Å². The average molecular weight is 272 g/mol. The van der Waals surface area contributed by atoms with Crippen molar-refractivity contribution in [2.75, 3.05) is 0 Å². The summed E-state index contributed by atoms with van der Waals surface area (Å²) in [6.45, 7) is 0. The van der Waals surface area contributed by atoms with E-state index in [0.717, 1.165) is 0 Å². The SMILES string of the molecule is O=C(Cl)c1ccc(F)cc1[Se]Cl. The first kappa shape index (κ1) is 10.0. The molecular formula is C7H3Cl2FOSe. The number of carbonyl (C=O) groups excluding carboxylic acids is 1. The van der Waals surface area contributed by atoms with E-state index >= 15 is 0 Å². The third kappa shape index (κ3) is 2.20. The molecule has 0 fully saturated rings. The van der Waals surface area contributed by atoms with Crippen LogP contribution in [0, 0.1) is 5.82 Å². The zero-order valence-corrected chi connectivity index (χ0v) is 8.91. The molecule has 0 aliphatic carbocycles. The molecule has 0 aliphatic heterocycles. The monoisotopic (exact) mass is 272 g/mol. The molecule has 0 heterocycles. The average Bonchev–Trinajstić information content (AvgIpc) is 2.03. The quantitative estimate of drug-likeness (QED) is 0.591. The van der Waals surface area contributed by atoms with Crippen molar-refractivity contribution in [2.24, 2.45) is 0 Å². The second-order valence-electron chi connectivity index (χ2n) is 1.99. The van der Waals surface area contributed by atoms with E-state index in [1.165, 1.54) is 18.2 Å². The fourth-order valence-corrected chi connectivity index (χ4v) is 2.52. The third-order valence-corrected chi connectivity index (χ3v) is 3.36. The molecule has 0 aromatic heterocycles. The summed E-state index contributed by atoms with van der Waals surface area (Å²) in [5.41, 5.74) is 0.285. The summed E-state index contributed by atoms with van der Waals surface area (Å²) in [5.74, 6) is -0.408. The molecule has 0 spiro atoms. The van der Waals surface area contributed by atoms with E-state index in [1.807, 2.05) is 0 Å². The summed E-state index contributed by atoms with van der Waals surface area (Å²) in [4.78, 5) is 10.7. The third-order valence-electron chi connectivity index (χ3n) is 1.24.